The van der Waals surface area contributed by atoms with E-state index in [1.807, 2.05) is 32.2 Å². The van der Waals surface area contributed by atoms with Crippen LogP contribution in [0.5, 0.6) is 11.5 Å². The molecule has 148 valence electrons. The van der Waals surface area contributed by atoms with Crippen LogP contribution >= 0.6 is 12.4 Å². The molecule has 1 aliphatic heterocycles. The van der Waals surface area contributed by atoms with E-state index >= 15 is 0 Å². The van der Waals surface area contributed by atoms with E-state index in [0.717, 1.165) is 25.1 Å². The molecule has 2 unspecified atom stereocenters. The summed E-state index contributed by atoms with van der Waals surface area (Å²) in [5, 5.41) is 0. The molecule has 6 nitrogen and oxygen atoms in total. The fourth-order valence-electron chi connectivity index (χ4n) is 3.37. The van der Waals surface area contributed by atoms with E-state index in [0.29, 0.717) is 24.6 Å². The standard InChI is InChI=1S/C19H31N3O3.ClH/c1-14(22-9-8-19(2,12-20)13-22)18(23)21(3)11-15-6-7-16(24-4)17(10-15)25-5;/h6-7,10,14H,8-9,11-13,20H2,1-5H3;1H. The van der Waals surface area contributed by atoms with Gasteiger partial charge in [-0.05, 0) is 49.5 Å². The Morgan fingerprint density at radius 3 is 2.54 bits per heavy atom. The van der Waals surface area contributed by atoms with Crippen LogP contribution in [0.4, 0.5) is 0 Å². The number of amides is 1. The molecule has 1 heterocycles. The number of nitrogens with zero attached hydrogens (tertiary/aromatic N) is 2. The number of halogens is 1. The van der Waals surface area contributed by atoms with Gasteiger partial charge in [0.1, 0.15) is 0 Å². The molecular weight excluding hydrogens is 354 g/mol. The third-order valence-corrected chi connectivity index (χ3v) is 5.23. The molecule has 1 aliphatic rings. The molecule has 2 rings (SSSR count). The Kier molecular flexibility index (Phi) is 8.18. The minimum absolute atomic E-state index is 0. The summed E-state index contributed by atoms with van der Waals surface area (Å²) in [5.74, 6) is 1.48. The lowest BCUT2D eigenvalue weighted by Gasteiger charge is -2.29. The van der Waals surface area contributed by atoms with E-state index in [1.165, 1.54) is 0 Å². The minimum Gasteiger partial charge on any atom is -0.493 e. The number of benzene rings is 1. The Hall–Kier alpha value is -1.50. The summed E-state index contributed by atoms with van der Waals surface area (Å²) in [6.45, 7) is 7.16. The van der Waals surface area contributed by atoms with Gasteiger partial charge in [0.05, 0.1) is 20.3 Å². The number of hydrogen-bond acceptors (Lipinski definition) is 5. The minimum atomic E-state index is -0.140. The Balaban J connectivity index is 0.00000338. The number of likely N-dealkylation sites (tertiary alicyclic amines) is 1. The number of rotatable bonds is 7. The van der Waals surface area contributed by atoms with Crippen molar-refractivity contribution in [2.45, 2.75) is 32.9 Å². The first-order valence-corrected chi connectivity index (χ1v) is 8.73. The molecule has 0 aromatic heterocycles. The van der Waals surface area contributed by atoms with Crippen LogP contribution in [-0.4, -0.2) is 62.7 Å². The zero-order valence-corrected chi connectivity index (χ0v) is 17.3. The molecule has 2 N–H and O–H groups in total. The van der Waals surface area contributed by atoms with E-state index in [1.54, 1.807) is 19.1 Å². The molecule has 0 saturated carbocycles. The maximum Gasteiger partial charge on any atom is 0.239 e. The molecule has 2 atom stereocenters. The Bertz CT molecular complexity index is 614. The first kappa shape index (κ1) is 22.5. The monoisotopic (exact) mass is 385 g/mol. The Morgan fingerprint density at radius 1 is 1.35 bits per heavy atom. The highest BCUT2D eigenvalue weighted by Crippen LogP contribution is 2.30. The lowest BCUT2D eigenvalue weighted by Crippen LogP contribution is -2.45. The second-order valence-electron chi connectivity index (χ2n) is 7.29. The van der Waals surface area contributed by atoms with Gasteiger partial charge < -0.3 is 20.1 Å². The molecule has 0 radical (unpaired) electrons. The Morgan fingerprint density at radius 2 is 2.00 bits per heavy atom. The first-order valence-electron chi connectivity index (χ1n) is 8.73. The van der Waals surface area contributed by atoms with Crippen LogP contribution in [0.2, 0.25) is 0 Å². The van der Waals surface area contributed by atoms with Crippen LogP contribution in [-0.2, 0) is 11.3 Å². The average molecular weight is 386 g/mol. The maximum atomic E-state index is 12.8. The van der Waals surface area contributed by atoms with E-state index in [4.69, 9.17) is 15.2 Å². The summed E-state index contributed by atoms with van der Waals surface area (Å²) in [6.07, 6.45) is 1.04. The quantitative estimate of drug-likeness (QED) is 0.778. The largest absolute Gasteiger partial charge is 0.493 e. The number of ether oxygens (including phenoxy) is 2. The lowest BCUT2D eigenvalue weighted by atomic mass is 9.90. The van der Waals surface area contributed by atoms with E-state index in [-0.39, 0.29) is 29.8 Å². The predicted octanol–water partition coefficient (Wildman–Crippen LogP) is 2.14. The topological polar surface area (TPSA) is 68.0 Å². The van der Waals surface area contributed by atoms with Crippen molar-refractivity contribution in [1.29, 1.82) is 0 Å². The molecule has 1 aromatic carbocycles. The van der Waals surface area contributed by atoms with Gasteiger partial charge in [-0.25, -0.2) is 0 Å². The maximum absolute atomic E-state index is 12.8. The summed E-state index contributed by atoms with van der Waals surface area (Å²) >= 11 is 0. The second kappa shape index (κ2) is 9.44. The predicted molar refractivity (Wildman–Crippen MR) is 106 cm³/mol. The van der Waals surface area contributed by atoms with Gasteiger partial charge in [0.15, 0.2) is 11.5 Å². The fraction of sp³-hybridized carbons (Fsp3) is 0.632. The number of hydrogen-bond donors (Lipinski definition) is 1. The average Bonchev–Trinajstić information content (AvgIpc) is 3.03. The molecular formula is C19H32ClN3O3. The van der Waals surface area contributed by atoms with Crippen molar-refractivity contribution < 1.29 is 14.3 Å². The molecule has 7 heteroatoms. The second-order valence-corrected chi connectivity index (χ2v) is 7.29. The zero-order valence-electron chi connectivity index (χ0n) is 16.4. The van der Waals surface area contributed by atoms with Crippen molar-refractivity contribution in [2.75, 3.05) is 40.9 Å². The third kappa shape index (κ3) is 5.02. The van der Waals surface area contributed by atoms with Crippen molar-refractivity contribution in [2.24, 2.45) is 11.1 Å². The summed E-state index contributed by atoms with van der Waals surface area (Å²) < 4.78 is 10.6. The number of methoxy groups -OCH3 is 2. The highest BCUT2D eigenvalue weighted by molar-refractivity contribution is 5.85. The Labute approximate surface area is 163 Å². The van der Waals surface area contributed by atoms with Crippen LogP contribution in [0, 0.1) is 5.41 Å². The SMILES string of the molecule is COc1ccc(CN(C)C(=O)C(C)N2CCC(C)(CN)C2)cc1OC.Cl. The normalized spacial score (nSPS) is 21.0. The molecule has 0 spiro atoms. The molecule has 1 amide bonds. The van der Waals surface area contributed by atoms with Gasteiger partial charge in [-0.2, -0.15) is 0 Å². The fourth-order valence-corrected chi connectivity index (χ4v) is 3.37. The van der Waals surface area contributed by atoms with E-state index in [9.17, 15) is 4.79 Å². The highest BCUT2D eigenvalue weighted by Gasteiger charge is 2.37. The lowest BCUT2D eigenvalue weighted by molar-refractivity contribution is -0.135. The van der Waals surface area contributed by atoms with Crippen LogP contribution in [0.25, 0.3) is 0 Å². The van der Waals surface area contributed by atoms with Crippen LogP contribution < -0.4 is 15.2 Å². The van der Waals surface area contributed by atoms with Gasteiger partial charge in [0.25, 0.3) is 0 Å². The first-order chi connectivity index (χ1) is 11.8. The summed E-state index contributed by atoms with van der Waals surface area (Å²) in [4.78, 5) is 16.8. The number of carbonyl (C=O) groups is 1. The van der Waals surface area contributed by atoms with Crippen LogP contribution in [0.15, 0.2) is 18.2 Å². The van der Waals surface area contributed by atoms with Gasteiger partial charge in [0, 0.05) is 20.1 Å². The summed E-state index contributed by atoms with van der Waals surface area (Å²) in [6, 6.07) is 5.59. The van der Waals surface area contributed by atoms with Gasteiger partial charge in [0.2, 0.25) is 5.91 Å². The van der Waals surface area contributed by atoms with Crippen molar-refractivity contribution in [1.82, 2.24) is 9.80 Å². The number of likely N-dealkylation sites (N-methyl/N-ethyl adjacent to an activating group) is 1. The van der Waals surface area contributed by atoms with Gasteiger partial charge in [-0.15, -0.1) is 12.4 Å². The van der Waals surface area contributed by atoms with Crippen molar-refractivity contribution in [3.05, 3.63) is 23.8 Å². The number of carbonyl (C=O) groups excluding carboxylic acids is 1. The molecule has 0 aliphatic carbocycles. The van der Waals surface area contributed by atoms with Crippen molar-refractivity contribution >= 4 is 18.3 Å². The molecule has 26 heavy (non-hydrogen) atoms. The summed E-state index contributed by atoms with van der Waals surface area (Å²) in [5.41, 5.74) is 7.01. The molecule has 1 saturated heterocycles. The van der Waals surface area contributed by atoms with E-state index in [2.05, 4.69) is 11.8 Å². The van der Waals surface area contributed by atoms with Crippen LogP contribution in [0.3, 0.4) is 0 Å². The van der Waals surface area contributed by atoms with Crippen molar-refractivity contribution in [3.8, 4) is 11.5 Å². The zero-order chi connectivity index (χ0) is 18.6. The number of nitrogens with two attached hydrogens (primary N) is 1. The highest BCUT2D eigenvalue weighted by atomic mass is 35.5. The van der Waals surface area contributed by atoms with Crippen molar-refractivity contribution in [3.63, 3.8) is 0 Å². The van der Waals surface area contributed by atoms with Gasteiger partial charge >= 0.3 is 0 Å². The third-order valence-electron chi connectivity index (χ3n) is 5.23. The smallest absolute Gasteiger partial charge is 0.239 e. The molecule has 1 fully saturated rings. The molecule has 1 aromatic rings. The van der Waals surface area contributed by atoms with Crippen LogP contribution in [0.1, 0.15) is 25.8 Å². The van der Waals surface area contributed by atoms with Gasteiger partial charge in [-0.3, -0.25) is 9.69 Å². The molecule has 0 bridgehead atoms. The van der Waals surface area contributed by atoms with Gasteiger partial charge in [-0.1, -0.05) is 13.0 Å². The summed E-state index contributed by atoms with van der Waals surface area (Å²) in [7, 11) is 5.06. The van der Waals surface area contributed by atoms with E-state index < -0.39 is 0 Å².